The van der Waals surface area contributed by atoms with Crippen LogP contribution in [0.3, 0.4) is 0 Å². The van der Waals surface area contributed by atoms with Crippen LogP contribution in [-0.4, -0.2) is 9.97 Å². The minimum Gasteiger partial charge on any atom is -0.457 e. The molecule has 0 fully saturated rings. The van der Waals surface area contributed by atoms with Gasteiger partial charge in [-0.2, -0.15) is 0 Å². The molecule has 6 aromatic rings. The fourth-order valence-electron chi connectivity index (χ4n) is 4.06. The van der Waals surface area contributed by atoms with Crippen molar-refractivity contribution in [3.63, 3.8) is 0 Å². The number of aromatic nitrogens is 2. The van der Waals surface area contributed by atoms with Gasteiger partial charge in [0.05, 0.1) is 5.52 Å². The Hall–Kier alpha value is -4.44. The largest absolute Gasteiger partial charge is 0.457 e. The highest BCUT2D eigenvalue weighted by Gasteiger charge is 2.07. The van der Waals surface area contributed by atoms with Crippen LogP contribution >= 0.6 is 0 Å². The smallest absolute Gasteiger partial charge is 0.127 e. The van der Waals surface area contributed by atoms with Crippen molar-refractivity contribution in [1.82, 2.24) is 9.97 Å². The first kappa shape index (κ1) is 18.3. The van der Waals surface area contributed by atoms with Gasteiger partial charge in [0.2, 0.25) is 0 Å². The van der Waals surface area contributed by atoms with Crippen molar-refractivity contribution in [2.45, 2.75) is 0 Å². The van der Waals surface area contributed by atoms with Crippen LogP contribution in [0.25, 0.3) is 32.4 Å². The minimum atomic E-state index is 0.803. The first-order chi connectivity index (χ1) is 15.8. The summed E-state index contributed by atoms with van der Waals surface area (Å²) in [5, 5.41) is 9.29. The predicted molar refractivity (Wildman–Crippen MR) is 131 cm³/mol. The van der Waals surface area contributed by atoms with Crippen LogP contribution in [0, 0.1) is 0 Å². The van der Waals surface area contributed by atoms with Crippen LogP contribution in [0.15, 0.2) is 110 Å². The van der Waals surface area contributed by atoms with Gasteiger partial charge in [-0.25, -0.2) is 9.97 Å². The van der Waals surface area contributed by atoms with Crippen LogP contribution in [-0.2, 0) is 0 Å². The van der Waals surface area contributed by atoms with Crippen LogP contribution < -0.4 is 10.1 Å². The SMILES string of the molecule is c1ccc(Oc2ccc(Nc3cccc4cc5ccc6ncncc6c5cc34)cc2)cc1. The molecular formula is C28H19N3O. The zero-order valence-electron chi connectivity index (χ0n) is 17.2. The van der Waals surface area contributed by atoms with Crippen molar-refractivity contribution in [3.05, 3.63) is 110 Å². The van der Waals surface area contributed by atoms with Crippen molar-refractivity contribution >= 4 is 43.8 Å². The quantitative estimate of drug-likeness (QED) is 0.240. The van der Waals surface area contributed by atoms with Crippen molar-refractivity contribution in [2.24, 2.45) is 0 Å². The number of fused-ring (bicyclic) bond motifs is 4. The molecule has 4 nitrogen and oxygen atoms in total. The number of ether oxygens (including phenoxy) is 1. The molecule has 0 aliphatic rings. The second-order valence-corrected chi connectivity index (χ2v) is 7.69. The third-order valence-electron chi connectivity index (χ3n) is 5.62. The van der Waals surface area contributed by atoms with E-state index in [1.54, 1.807) is 6.33 Å². The van der Waals surface area contributed by atoms with Gasteiger partial charge in [0, 0.05) is 28.3 Å². The zero-order chi connectivity index (χ0) is 21.3. The van der Waals surface area contributed by atoms with Crippen molar-refractivity contribution in [3.8, 4) is 11.5 Å². The van der Waals surface area contributed by atoms with E-state index in [2.05, 4.69) is 51.7 Å². The molecule has 0 saturated carbocycles. The highest BCUT2D eigenvalue weighted by atomic mass is 16.5. The molecule has 0 aliphatic carbocycles. The van der Waals surface area contributed by atoms with E-state index in [1.807, 2.05) is 66.9 Å². The normalized spacial score (nSPS) is 11.1. The molecule has 152 valence electrons. The van der Waals surface area contributed by atoms with Crippen molar-refractivity contribution in [2.75, 3.05) is 5.32 Å². The van der Waals surface area contributed by atoms with Gasteiger partial charge in [0.1, 0.15) is 17.8 Å². The molecule has 0 bridgehead atoms. The maximum Gasteiger partial charge on any atom is 0.127 e. The average Bonchev–Trinajstić information content (AvgIpc) is 2.85. The molecule has 1 aromatic heterocycles. The molecule has 0 amide bonds. The summed E-state index contributed by atoms with van der Waals surface area (Å²) in [6, 6.07) is 32.7. The topological polar surface area (TPSA) is 47.0 Å². The molecule has 0 aliphatic heterocycles. The summed E-state index contributed by atoms with van der Waals surface area (Å²) in [5.74, 6) is 1.63. The number of nitrogens with zero attached hydrogens (tertiary/aromatic N) is 2. The number of benzene rings is 5. The second-order valence-electron chi connectivity index (χ2n) is 7.69. The monoisotopic (exact) mass is 413 g/mol. The van der Waals surface area contributed by atoms with Crippen LogP contribution in [0.1, 0.15) is 0 Å². The third-order valence-corrected chi connectivity index (χ3v) is 5.62. The lowest BCUT2D eigenvalue weighted by molar-refractivity contribution is 0.483. The fourth-order valence-corrected chi connectivity index (χ4v) is 4.06. The molecule has 0 unspecified atom stereocenters. The first-order valence-electron chi connectivity index (χ1n) is 10.5. The van der Waals surface area contributed by atoms with Crippen LogP contribution in [0.4, 0.5) is 11.4 Å². The summed E-state index contributed by atoms with van der Waals surface area (Å²) in [6.07, 6.45) is 3.48. The van der Waals surface area contributed by atoms with Gasteiger partial charge in [-0.05, 0) is 76.8 Å². The fraction of sp³-hybridized carbons (Fsp3) is 0. The number of para-hydroxylation sites is 1. The number of hydrogen-bond acceptors (Lipinski definition) is 4. The van der Waals surface area contributed by atoms with E-state index in [0.29, 0.717) is 0 Å². The second kappa shape index (κ2) is 7.67. The van der Waals surface area contributed by atoms with E-state index < -0.39 is 0 Å². The van der Waals surface area contributed by atoms with Gasteiger partial charge in [-0.15, -0.1) is 0 Å². The van der Waals surface area contributed by atoms with Crippen LogP contribution in [0.5, 0.6) is 11.5 Å². The Balaban J connectivity index is 1.37. The Morgan fingerprint density at radius 1 is 0.625 bits per heavy atom. The summed E-state index contributed by atoms with van der Waals surface area (Å²) in [4.78, 5) is 8.63. The summed E-state index contributed by atoms with van der Waals surface area (Å²) < 4.78 is 5.90. The molecule has 6 rings (SSSR count). The minimum absolute atomic E-state index is 0.803. The summed E-state index contributed by atoms with van der Waals surface area (Å²) >= 11 is 0. The molecule has 1 N–H and O–H groups in total. The summed E-state index contributed by atoms with van der Waals surface area (Å²) in [6.45, 7) is 0. The summed E-state index contributed by atoms with van der Waals surface area (Å²) in [5.41, 5.74) is 3.00. The first-order valence-corrected chi connectivity index (χ1v) is 10.5. The molecule has 32 heavy (non-hydrogen) atoms. The van der Waals surface area contributed by atoms with Gasteiger partial charge >= 0.3 is 0 Å². The average molecular weight is 413 g/mol. The highest BCUT2D eigenvalue weighted by molar-refractivity contribution is 6.13. The Morgan fingerprint density at radius 3 is 2.31 bits per heavy atom. The van der Waals surface area contributed by atoms with Gasteiger partial charge in [0.25, 0.3) is 0 Å². The molecule has 0 radical (unpaired) electrons. The molecule has 1 heterocycles. The van der Waals surface area contributed by atoms with Crippen molar-refractivity contribution in [1.29, 1.82) is 0 Å². The standard InChI is InChI=1S/C28H19N3O/c1-2-6-22(7-3-1)32-23-12-10-21(11-13-23)31-28-8-4-5-19-15-20-9-14-27-26(17-29-18-30-27)24(20)16-25(19)28/h1-18,31H. The lowest BCUT2D eigenvalue weighted by atomic mass is 10.00. The van der Waals surface area contributed by atoms with E-state index in [0.717, 1.165) is 44.5 Å². The third kappa shape index (κ3) is 3.38. The van der Waals surface area contributed by atoms with Crippen LogP contribution in [0.2, 0.25) is 0 Å². The number of hydrogen-bond donors (Lipinski definition) is 1. The predicted octanol–water partition coefficient (Wildman–Crippen LogP) is 7.47. The Labute approximate surface area is 185 Å². The number of nitrogens with one attached hydrogen (secondary N) is 1. The Bertz CT molecular complexity index is 1560. The molecule has 5 aromatic carbocycles. The van der Waals surface area contributed by atoms with Gasteiger partial charge in [-0.3, -0.25) is 0 Å². The number of anilines is 2. The Morgan fingerprint density at radius 2 is 1.44 bits per heavy atom. The zero-order valence-corrected chi connectivity index (χ0v) is 17.2. The molecule has 0 spiro atoms. The summed E-state index contributed by atoms with van der Waals surface area (Å²) in [7, 11) is 0. The molecular weight excluding hydrogens is 394 g/mol. The van der Waals surface area contributed by atoms with E-state index in [-0.39, 0.29) is 0 Å². The lowest BCUT2D eigenvalue weighted by Gasteiger charge is -2.13. The molecule has 0 saturated heterocycles. The van der Waals surface area contributed by atoms with E-state index in [9.17, 15) is 0 Å². The van der Waals surface area contributed by atoms with Gasteiger partial charge in [0.15, 0.2) is 0 Å². The van der Waals surface area contributed by atoms with E-state index in [4.69, 9.17) is 4.74 Å². The van der Waals surface area contributed by atoms with Gasteiger partial charge < -0.3 is 10.1 Å². The van der Waals surface area contributed by atoms with E-state index >= 15 is 0 Å². The molecule has 4 heteroatoms. The maximum absolute atomic E-state index is 5.90. The molecule has 0 atom stereocenters. The van der Waals surface area contributed by atoms with Crippen molar-refractivity contribution < 1.29 is 4.74 Å². The Kier molecular flexibility index (Phi) is 4.40. The maximum atomic E-state index is 5.90. The lowest BCUT2D eigenvalue weighted by Crippen LogP contribution is -1.92. The highest BCUT2D eigenvalue weighted by Crippen LogP contribution is 2.33. The van der Waals surface area contributed by atoms with Gasteiger partial charge in [-0.1, -0.05) is 36.4 Å². The number of rotatable bonds is 4. The van der Waals surface area contributed by atoms with E-state index in [1.165, 1.54) is 10.8 Å².